The predicted octanol–water partition coefficient (Wildman–Crippen LogP) is 4.26. The highest BCUT2D eigenvalue weighted by Crippen LogP contribution is 2.15. The van der Waals surface area contributed by atoms with Crippen molar-refractivity contribution in [3.63, 3.8) is 0 Å². The summed E-state index contributed by atoms with van der Waals surface area (Å²) in [6.45, 7) is 2.64. The smallest absolute Gasteiger partial charge is 0.257 e. The molecule has 0 fully saturated rings. The molecule has 0 atom stereocenters. The minimum Gasteiger partial charge on any atom is -0.494 e. The molecular weight excluding hydrogens is 332 g/mol. The van der Waals surface area contributed by atoms with Crippen molar-refractivity contribution in [2.24, 2.45) is 0 Å². The fraction of sp³-hybridized carbons (Fsp3) is 0.176. The number of anilines is 1. The summed E-state index contributed by atoms with van der Waals surface area (Å²) in [4.78, 5) is 12.2. The van der Waals surface area contributed by atoms with E-state index in [0.717, 1.165) is 12.1 Å². The summed E-state index contributed by atoms with van der Waals surface area (Å²) in [6.07, 6.45) is 0.908. The number of hydrogen-bond donors (Lipinski definition) is 2. The number of benzene rings is 2. The van der Waals surface area contributed by atoms with Gasteiger partial charge in [0.25, 0.3) is 5.91 Å². The fourth-order valence-electron chi connectivity index (χ4n) is 1.82. The van der Waals surface area contributed by atoms with E-state index < -0.39 is 0 Å². The van der Waals surface area contributed by atoms with Gasteiger partial charge in [0.1, 0.15) is 5.75 Å². The van der Waals surface area contributed by atoms with E-state index in [1.54, 1.807) is 42.5 Å². The van der Waals surface area contributed by atoms with Gasteiger partial charge in [-0.2, -0.15) is 0 Å². The third-order valence-corrected chi connectivity index (χ3v) is 3.35. The lowest BCUT2D eigenvalue weighted by Crippen LogP contribution is -2.34. The molecule has 0 heterocycles. The third kappa shape index (κ3) is 5.54. The number of ether oxygens (including phenoxy) is 1. The topological polar surface area (TPSA) is 50.4 Å². The number of thiocarbonyl (C=S) groups is 1. The quantitative estimate of drug-likeness (QED) is 0.793. The van der Waals surface area contributed by atoms with Gasteiger partial charge in [-0.15, -0.1) is 0 Å². The van der Waals surface area contributed by atoms with E-state index in [0.29, 0.717) is 22.9 Å². The highest BCUT2D eigenvalue weighted by molar-refractivity contribution is 7.80. The average molecular weight is 349 g/mol. The van der Waals surface area contributed by atoms with E-state index >= 15 is 0 Å². The van der Waals surface area contributed by atoms with Crippen molar-refractivity contribution in [2.75, 3.05) is 11.9 Å². The first kappa shape index (κ1) is 17.2. The van der Waals surface area contributed by atoms with Crippen LogP contribution in [0.2, 0.25) is 5.02 Å². The number of rotatable bonds is 5. The SMILES string of the molecule is CCCOc1cccc(C(=O)NC(=S)Nc2ccc(Cl)cc2)c1. The highest BCUT2D eigenvalue weighted by Gasteiger charge is 2.09. The largest absolute Gasteiger partial charge is 0.494 e. The third-order valence-electron chi connectivity index (χ3n) is 2.90. The van der Waals surface area contributed by atoms with Crippen molar-refractivity contribution in [3.05, 3.63) is 59.1 Å². The van der Waals surface area contributed by atoms with Crippen molar-refractivity contribution in [1.82, 2.24) is 5.32 Å². The standard InChI is InChI=1S/C17H17ClN2O2S/c1-2-10-22-15-5-3-4-12(11-15)16(21)20-17(23)19-14-8-6-13(18)7-9-14/h3-9,11H,2,10H2,1H3,(H2,19,20,21,23). The van der Waals surface area contributed by atoms with Gasteiger partial charge in [-0.05, 0) is 61.1 Å². The Hall–Kier alpha value is -2.11. The molecule has 0 radical (unpaired) electrons. The second-order valence-corrected chi connectivity index (χ2v) is 5.64. The maximum absolute atomic E-state index is 12.2. The van der Waals surface area contributed by atoms with Crippen molar-refractivity contribution < 1.29 is 9.53 Å². The number of hydrogen-bond acceptors (Lipinski definition) is 3. The molecule has 0 aromatic heterocycles. The molecule has 2 rings (SSSR count). The van der Waals surface area contributed by atoms with Crippen LogP contribution in [0.3, 0.4) is 0 Å². The summed E-state index contributed by atoms with van der Waals surface area (Å²) < 4.78 is 5.52. The molecule has 0 aliphatic heterocycles. The number of amides is 1. The number of carbonyl (C=O) groups is 1. The lowest BCUT2D eigenvalue weighted by atomic mass is 10.2. The van der Waals surface area contributed by atoms with Crippen molar-refractivity contribution in [3.8, 4) is 5.75 Å². The summed E-state index contributed by atoms with van der Waals surface area (Å²) in [6, 6.07) is 14.0. The molecule has 1 amide bonds. The van der Waals surface area contributed by atoms with Gasteiger partial charge in [-0.3, -0.25) is 10.1 Å². The van der Waals surface area contributed by atoms with Gasteiger partial charge in [-0.25, -0.2) is 0 Å². The van der Waals surface area contributed by atoms with Gasteiger partial charge in [0, 0.05) is 16.3 Å². The van der Waals surface area contributed by atoms with E-state index in [9.17, 15) is 4.79 Å². The van der Waals surface area contributed by atoms with Crippen LogP contribution in [0.5, 0.6) is 5.75 Å². The van der Waals surface area contributed by atoms with Crippen molar-refractivity contribution in [2.45, 2.75) is 13.3 Å². The Labute approximate surface area is 145 Å². The Bertz CT molecular complexity index is 689. The lowest BCUT2D eigenvalue weighted by Gasteiger charge is -2.10. The number of carbonyl (C=O) groups excluding carboxylic acids is 1. The molecule has 23 heavy (non-hydrogen) atoms. The summed E-state index contributed by atoms with van der Waals surface area (Å²) in [5.41, 5.74) is 1.23. The molecule has 2 aromatic rings. The maximum atomic E-state index is 12.2. The molecule has 0 saturated carbocycles. The molecule has 6 heteroatoms. The second-order valence-electron chi connectivity index (χ2n) is 4.79. The van der Waals surface area contributed by atoms with E-state index in [4.69, 9.17) is 28.6 Å². The average Bonchev–Trinajstić information content (AvgIpc) is 2.55. The van der Waals surface area contributed by atoms with Gasteiger partial charge in [0.2, 0.25) is 0 Å². The van der Waals surface area contributed by atoms with Crippen LogP contribution < -0.4 is 15.4 Å². The van der Waals surface area contributed by atoms with E-state index in [1.165, 1.54) is 0 Å². The van der Waals surface area contributed by atoms with Crippen LogP contribution in [0.25, 0.3) is 0 Å². The minimum absolute atomic E-state index is 0.220. The van der Waals surface area contributed by atoms with Gasteiger partial charge in [0.15, 0.2) is 5.11 Å². The van der Waals surface area contributed by atoms with Crippen LogP contribution in [0.1, 0.15) is 23.7 Å². The molecule has 0 aliphatic rings. The first-order valence-electron chi connectivity index (χ1n) is 7.19. The Morgan fingerprint density at radius 1 is 1.22 bits per heavy atom. The molecular formula is C17H17ClN2O2S. The second kappa shape index (κ2) is 8.50. The van der Waals surface area contributed by atoms with Gasteiger partial charge >= 0.3 is 0 Å². The lowest BCUT2D eigenvalue weighted by molar-refractivity contribution is 0.0977. The molecule has 0 aliphatic carbocycles. The van der Waals surface area contributed by atoms with Crippen molar-refractivity contribution >= 4 is 40.5 Å². The molecule has 0 spiro atoms. The molecule has 0 unspecified atom stereocenters. The van der Waals surface area contributed by atoms with Crippen LogP contribution in [0, 0.1) is 0 Å². The summed E-state index contributed by atoms with van der Waals surface area (Å²) in [7, 11) is 0. The zero-order chi connectivity index (χ0) is 16.7. The Kier molecular flexibility index (Phi) is 6.38. The Balaban J connectivity index is 1.95. The summed E-state index contributed by atoms with van der Waals surface area (Å²) in [5, 5.41) is 6.42. The Morgan fingerprint density at radius 3 is 2.65 bits per heavy atom. The molecule has 120 valence electrons. The molecule has 2 aromatic carbocycles. The fourth-order valence-corrected chi connectivity index (χ4v) is 2.15. The van der Waals surface area contributed by atoms with Crippen molar-refractivity contribution in [1.29, 1.82) is 0 Å². The van der Waals surface area contributed by atoms with E-state index in [-0.39, 0.29) is 11.0 Å². The zero-order valence-corrected chi connectivity index (χ0v) is 14.2. The minimum atomic E-state index is -0.293. The van der Waals surface area contributed by atoms with E-state index in [1.807, 2.05) is 13.0 Å². The first-order valence-corrected chi connectivity index (χ1v) is 7.98. The monoisotopic (exact) mass is 348 g/mol. The first-order chi connectivity index (χ1) is 11.1. The highest BCUT2D eigenvalue weighted by atomic mass is 35.5. The van der Waals surface area contributed by atoms with E-state index in [2.05, 4.69) is 10.6 Å². The zero-order valence-electron chi connectivity index (χ0n) is 12.6. The van der Waals surface area contributed by atoms with Gasteiger partial charge in [-0.1, -0.05) is 24.6 Å². The van der Waals surface area contributed by atoms with Crippen LogP contribution in [-0.2, 0) is 0 Å². The van der Waals surface area contributed by atoms with Crippen LogP contribution >= 0.6 is 23.8 Å². The number of nitrogens with one attached hydrogen (secondary N) is 2. The normalized spacial score (nSPS) is 10.0. The Morgan fingerprint density at radius 2 is 1.96 bits per heavy atom. The van der Waals surface area contributed by atoms with Crippen LogP contribution in [-0.4, -0.2) is 17.6 Å². The molecule has 4 nitrogen and oxygen atoms in total. The molecule has 0 saturated heterocycles. The molecule has 2 N–H and O–H groups in total. The van der Waals surface area contributed by atoms with Crippen LogP contribution in [0.4, 0.5) is 5.69 Å². The maximum Gasteiger partial charge on any atom is 0.257 e. The van der Waals surface area contributed by atoms with Gasteiger partial charge in [0.05, 0.1) is 6.61 Å². The summed E-state index contributed by atoms with van der Waals surface area (Å²) in [5.74, 6) is 0.370. The van der Waals surface area contributed by atoms with Gasteiger partial charge < -0.3 is 10.1 Å². The predicted molar refractivity (Wildman–Crippen MR) is 97.4 cm³/mol. The van der Waals surface area contributed by atoms with Crippen LogP contribution in [0.15, 0.2) is 48.5 Å². The number of halogens is 1. The molecule has 0 bridgehead atoms. The summed E-state index contributed by atoms with van der Waals surface area (Å²) >= 11 is 11.0.